The molecule has 0 aliphatic carbocycles. The maximum Gasteiger partial charge on any atom is 0.361 e. The van der Waals surface area contributed by atoms with Crippen molar-refractivity contribution in [3.63, 3.8) is 0 Å². The summed E-state index contributed by atoms with van der Waals surface area (Å²) in [5.41, 5.74) is -0.364. The zero-order valence-electron chi connectivity index (χ0n) is 8.23. The third-order valence-electron chi connectivity index (χ3n) is 1.86. The Kier molecular flexibility index (Phi) is 4.31. The van der Waals surface area contributed by atoms with Gasteiger partial charge in [0.05, 0.1) is 25.7 Å². The van der Waals surface area contributed by atoms with Crippen LogP contribution in [-0.2, 0) is 19.0 Å². The first-order valence-electron chi connectivity index (χ1n) is 4.43. The highest BCUT2D eigenvalue weighted by Gasteiger charge is 2.46. The third-order valence-corrected chi connectivity index (χ3v) is 2.21. The summed E-state index contributed by atoms with van der Waals surface area (Å²) < 4.78 is 15.0. The average molecular weight is 238 g/mol. The largest absolute Gasteiger partial charge is 0.461 e. The van der Waals surface area contributed by atoms with E-state index in [4.69, 9.17) is 26.3 Å². The van der Waals surface area contributed by atoms with E-state index in [1.165, 1.54) is 0 Å². The average Bonchev–Trinajstić information content (AvgIpc) is 2.69. The SMILES string of the molecule is CCOC(=O)C(=NO)C1(CCl)OCCO1. The van der Waals surface area contributed by atoms with Gasteiger partial charge in [-0.2, -0.15) is 0 Å². The number of nitrogens with zero attached hydrogens (tertiary/aromatic N) is 1. The standard InChI is InChI=1S/C8H12ClNO5/c1-2-13-7(11)6(10-12)8(5-9)14-3-4-15-8/h12H,2-5H2,1H3. The Labute approximate surface area is 91.7 Å². The van der Waals surface area contributed by atoms with Crippen molar-refractivity contribution in [2.24, 2.45) is 5.16 Å². The van der Waals surface area contributed by atoms with E-state index in [2.05, 4.69) is 9.89 Å². The van der Waals surface area contributed by atoms with Gasteiger partial charge in [0.2, 0.25) is 11.5 Å². The second-order valence-electron chi connectivity index (χ2n) is 2.75. The lowest BCUT2D eigenvalue weighted by Crippen LogP contribution is -2.47. The Morgan fingerprint density at radius 2 is 2.20 bits per heavy atom. The molecule has 0 aromatic heterocycles. The van der Waals surface area contributed by atoms with Crippen molar-refractivity contribution in [1.29, 1.82) is 0 Å². The van der Waals surface area contributed by atoms with E-state index >= 15 is 0 Å². The molecule has 0 spiro atoms. The maximum atomic E-state index is 11.4. The van der Waals surface area contributed by atoms with Crippen LogP contribution in [0.2, 0.25) is 0 Å². The summed E-state index contributed by atoms with van der Waals surface area (Å²) in [6, 6.07) is 0. The molecule has 15 heavy (non-hydrogen) atoms. The molecule has 1 saturated heterocycles. The number of ether oxygens (including phenoxy) is 3. The normalized spacial score (nSPS) is 20.3. The number of carbonyl (C=O) groups is 1. The van der Waals surface area contributed by atoms with Crippen LogP contribution in [0, 0.1) is 0 Å². The molecule has 6 nitrogen and oxygen atoms in total. The zero-order valence-corrected chi connectivity index (χ0v) is 8.99. The molecule has 1 N–H and O–H groups in total. The monoisotopic (exact) mass is 237 g/mol. The molecule has 1 heterocycles. The van der Waals surface area contributed by atoms with E-state index in [0.29, 0.717) is 0 Å². The van der Waals surface area contributed by atoms with Gasteiger partial charge in [0.1, 0.15) is 0 Å². The van der Waals surface area contributed by atoms with Gasteiger partial charge in [-0.3, -0.25) is 0 Å². The van der Waals surface area contributed by atoms with Crippen LogP contribution in [0.4, 0.5) is 0 Å². The van der Waals surface area contributed by atoms with Gasteiger partial charge < -0.3 is 19.4 Å². The van der Waals surface area contributed by atoms with Gasteiger partial charge in [0.15, 0.2) is 0 Å². The quantitative estimate of drug-likeness (QED) is 0.251. The van der Waals surface area contributed by atoms with E-state index in [9.17, 15) is 4.79 Å². The molecule has 0 atom stereocenters. The molecule has 0 aromatic carbocycles. The fourth-order valence-electron chi connectivity index (χ4n) is 1.20. The summed E-state index contributed by atoms with van der Waals surface area (Å²) >= 11 is 5.63. The van der Waals surface area contributed by atoms with Crippen molar-refractivity contribution in [3.05, 3.63) is 0 Å². The summed E-state index contributed by atoms with van der Waals surface area (Å²) in [7, 11) is 0. The van der Waals surface area contributed by atoms with E-state index in [1.807, 2.05) is 0 Å². The van der Waals surface area contributed by atoms with E-state index in [0.717, 1.165) is 0 Å². The molecule has 0 saturated carbocycles. The third kappa shape index (κ3) is 2.39. The molecule has 0 amide bonds. The first kappa shape index (κ1) is 12.2. The molecule has 0 aromatic rings. The van der Waals surface area contributed by atoms with Crippen LogP contribution in [0.15, 0.2) is 5.16 Å². The number of halogens is 1. The predicted octanol–water partition coefficient (Wildman–Crippen LogP) is 0.362. The van der Waals surface area contributed by atoms with Crippen molar-refractivity contribution < 1.29 is 24.2 Å². The summed E-state index contributed by atoms with van der Waals surface area (Å²) in [6.45, 7) is 2.36. The number of alkyl halides is 1. The van der Waals surface area contributed by atoms with E-state index < -0.39 is 11.8 Å². The van der Waals surface area contributed by atoms with Crippen molar-refractivity contribution in [2.45, 2.75) is 12.7 Å². The van der Waals surface area contributed by atoms with Crippen LogP contribution < -0.4 is 0 Å². The molecule has 1 fully saturated rings. The molecular weight excluding hydrogens is 226 g/mol. The molecule has 0 bridgehead atoms. The number of oxime groups is 1. The number of hydrogen-bond donors (Lipinski definition) is 1. The summed E-state index contributed by atoms with van der Waals surface area (Å²) in [5.74, 6) is -2.43. The summed E-state index contributed by atoms with van der Waals surface area (Å²) in [5, 5.41) is 11.6. The molecule has 0 radical (unpaired) electrons. The predicted molar refractivity (Wildman–Crippen MR) is 51.2 cm³/mol. The summed E-state index contributed by atoms with van der Waals surface area (Å²) in [6.07, 6.45) is 0. The van der Waals surface area contributed by atoms with E-state index in [-0.39, 0.29) is 31.4 Å². The lowest BCUT2D eigenvalue weighted by Gasteiger charge is -2.23. The number of hydrogen-bond acceptors (Lipinski definition) is 6. The topological polar surface area (TPSA) is 77.4 Å². The Hall–Kier alpha value is -0.850. The smallest absolute Gasteiger partial charge is 0.361 e. The lowest BCUT2D eigenvalue weighted by atomic mass is 10.2. The fraction of sp³-hybridized carbons (Fsp3) is 0.750. The second kappa shape index (κ2) is 5.29. The molecule has 7 heteroatoms. The zero-order chi connectivity index (χ0) is 11.3. The van der Waals surface area contributed by atoms with Crippen LogP contribution in [0.1, 0.15) is 6.92 Å². The first-order chi connectivity index (χ1) is 7.20. The van der Waals surface area contributed by atoms with Crippen LogP contribution in [0.5, 0.6) is 0 Å². The van der Waals surface area contributed by atoms with Crippen molar-refractivity contribution in [1.82, 2.24) is 0 Å². The van der Waals surface area contributed by atoms with Gasteiger partial charge in [-0.1, -0.05) is 5.16 Å². The molecule has 1 rings (SSSR count). The van der Waals surface area contributed by atoms with Gasteiger partial charge in [-0.05, 0) is 6.92 Å². The molecular formula is C8H12ClNO5. The Balaban J connectivity index is 2.85. The first-order valence-corrected chi connectivity index (χ1v) is 4.97. The van der Waals surface area contributed by atoms with Crippen molar-refractivity contribution in [3.8, 4) is 0 Å². The Morgan fingerprint density at radius 1 is 1.60 bits per heavy atom. The minimum atomic E-state index is -1.48. The van der Waals surface area contributed by atoms with Crippen LogP contribution in [-0.4, -0.2) is 48.4 Å². The summed E-state index contributed by atoms with van der Waals surface area (Å²) in [4.78, 5) is 11.4. The minimum Gasteiger partial charge on any atom is -0.461 e. The highest BCUT2D eigenvalue weighted by atomic mass is 35.5. The number of rotatable bonds is 4. The van der Waals surface area contributed by atoms with Gasteiger partial charge in [0.25, 0.3) is 0 Å². The molecule has 1 aliphatic rings. The van der Waals surface area contributed by atoms with E-state index in [1.54, 1.807) is 6.92 Å². The van der Waals surface area contributed by atoms with Crippen molar-refractivity contribution >= 4 is 23.3 Å². The number of esters is 1. The van der Waals surface area contributed by atoms with Crippen LogP contribution >= 0.6 is 11.6 Å². The molecule has 0 unspecified atom stereocenters. The fourth-order valence-corrected chi connectivity index (χ4v) is 1.48. The maximum absolute atomic E-state index is 11.4. The number of carbonyl (C=O) groups excluding carboxylic acids is 1. The Bertz CT molecular complexity index is 262. The molecule has 1 aliphatic heterocycles. The van der Waals surface area contributed by atoms with Gasteiger partial charge in [-0.15, -0.1) is 11.6 Å². The minimum absolute atomic E-state index is 0.148. The van der Waals surface area contributed by atoms with Crippen LogP contribution in [0.3, 0.4) is 0 Å². The highest BCUT2D eigenvalue weighted by molar-refractivity contribution is 6.40. The Morgan fingerprint density at radius 3 is 2.60 bits per heavy atom. The van der Waals surface area contributed by atoms with Gasteiger partial charge >= 0.3 is 5.97 Å². The van der Waals surface area contributed by atoms with Crippen LogP contribution in [0.25, 0.3) is 0 Å². The van der Waals surface area contributed by atoms with Gasteiger partial charge in [-0.25, -0.2) is 4.79 Å². The second-order valence-corrected chi connectivity index (χ2v) is 3.02. The molecule has 86 valence electrons. The van der Waals surface area contributed by atoms with Crippen molar-refractivity contribution in [2.75, 3.05) is 25.7 Å². The van der Waals surface area contributed by atoms with Gasteiger partial charge in [0, 0.05) is 0 Å². The lowest BCUT2D eigenvalue weighted by molar-refractivity contribution is -0.140. The highest BCUT2D eigenvalue weighted by Crippen LogP contribution is 2.23.